The number of rotatable bonds is 1. The Morgan fingerprint density at radius 2 is 1.93 bits per heavy atom. The van der Waals surface area contributed by atoms with Gasteiger partial charge >= 0.3 is 0 Å². The minimum Gasteiger partial charge on any atom is -0.373 e. The van der Waals surface area contributed by atoms with Gasteiger partial charge in [-0.1, -0.05) is 22.0 Å². The highest BCUT2D eigenvalue weighted by Crippen LogP contribution is 2.28. The van der Waals surface area contributed by atoms with Crippen molar-refractivity contribution in [3.05, 3.63) is 33.8 Å². The standard InChI is InChI=1S/C12H13BrN2/c1-7-4-5-10(13)9-6-8(2)12(14-3)15-11(7)9/h4-6H,1-3H3,(H,14,15). The Bertz CT molecular complexity index is 521. The van der Waals surface area contributed by atoms with Gasteiger partial charge in [0.1, 0.15) is 5.82 Å². The van der Waals surface area contributed by atoms with E-state index in [0.717, 1.165) is 21.4 Å². The summed E-state index contributed by atoms with van der Waals surface area (Å²) in [7, 11) is 1.90. The van der Waals surface area contributed by atoms with Gasteiger partial charge in [-0.3, -0.25) is 0 Å². The van der Waals surface area contributed by atoms with Gasteiger partial charge in [-0.2, -0.15) is 0 Å². The van der Waals surface area contributed by atoms with E-state index in [1.165, 1.54) is 10.9 Å². The molecule has 2 nitrogen and oxygen atoms in total. The number of aryl methyl sites for hydroxylation is 2. The van der Waals surface area contributed by atoms with E-state index >= 15 is 0 Å². The van der Waals surface area contributed by atoms with Crippen molar-refractivity contribution in [3.8, 4) is 0 Å². The van der Waals surface area contributed by atoms with Gasteiger partial charge in [-0.25, -0.2) is 4.98 Å². The molecule has 2 aromatic rings. The summed E-state index contributed by atoms with van der Waals surface area (Å²) in [6.07, 6.45) is 0. The van der Waals surface area contributed by atoms with Crippen molar-refractivity contribution < 1.29 is 0 Å². The van der Waals surface area contributed by atoms with Crippen molar-refractivity contribution in [2.24, 2.45) is 0 Å². The van der Waals surface area contributed by atoms with Crippen LogP contribution < -0.4 is 5.32 Å². The lowest BCUT2D eigenvalue weighted by Gasteiger charge is -2.09. The summed E-state index contributed by atoms with van der Waals surface area (Å²) in [5.74, 6) is 0.948. The lowest BCUT2D eigenvalue weighted by molar-refractivity contribution is 1.27. The second-order valence-corrected chi connectivity index (χ2v) is 4.52. The summed E-state index contributed by atoms with van der Waals surface area (Å²) in [6, 6.07) is 6.30. The molecule has 0 saturated heterocycles. The first-order chi connectivity index (χ1) is 7.13. The van der Waals surface area contributed by atoms with Crippen molar-refractivity contribution in [1.29, 1.82) is 0 Å². The number of fused-ring (bicyclic) bond motifs is 1. The van der Waals surface area contributed by atoms with Crippen LogP contribution in [0.3, 0.4) is 0 Å². The highest BCUT2D eigenvalue weighted by molar-refractivity contribution is 9.10. The van der Waals surface area contributed by atoms with Gasteiger partial charge in [0.15, 0.2) is 0 Å². The Kier molecular flexibility index (Phi) is 2.65. The van der Waals surface area contributed by atoms with Gasteiger partial charge in [-0.05, 0) is 37.1 Å². The van der Waals surface area contributed by atoms with Crippen LogP contribution in [0.25, 0.3) is 10.9 Å². The van der Waals surface area contributed by atoms with Crippen molar-refractivity contribution in [3.63, 3.8) is 0 Å². The van der Waals surface area contributed by atoms with E-state index in [1.807, 2.05) is 7.05 Å². The predicted molar refractivity (Wildman–Crippen MR) is 68.5 cm³/mol. The molecular formula is C12H13BrN2. The number of halogens is 1. The number of hydrogen-bond acceptors (Lipinski definition) is 2. The molecule has 0 radical (unpaired) electrons. The van der Waals surface area contributed by atoms with Gasteiger partial charge in [0.2, 0.25) is 0 Å². The molecule has 1 aromatic heterocycles. The highest BCUT2D eigenvalue weighted by Gasteiger charge is 2.06. The van der Waals surface area contributed by atoms with E-state index in [9.17, 15) is 0 Å². The first-order valence-electron chi connectivity index (χ1n) is 4.87. The largest absolute Gasteiger partial charge is 0.373 e. The van der Waals surface area contributed by atoms with E-state index in [4.69, 9.17) is 0 Å². The normalized spacial score (nSPS) is 10.7. The third-order valence-electron chi connectivity index (χ3n) is 2.56. The number of aromatic nitrogens is 1. The van der Waals surface area contributed by atoms with Gasteiger partial charge in [-0.15, -0.1) is 0 Å². The number of nitrogens with zero attached hydrogens (tertiary/aromatic N) is 1. The van der Waals surface area contributed by atoms with E-state index in [1.54, 1.807) is 0 Å². The van der Waals surface area contributed by atoms with Gasteiger partial charge < -0.3 is 5.32 Å². The second-order valence-electron chi connectivity index (χ2n) is 3.66. The zero-order valence-electron chi connectivity index (χ0n) is 9.06. The Morgan fingerprint density at radius 3 is 2.60 bits per heavy atom. The summed E-state index contributed by atoms with van der Waals surface area (Å²) in [5.41, 5.74) is 3.42. The fourth-order valence-corrected chi connectivity index (χ4v) is 2.15. The molecule has 0 bridgehead atoms. The molecule has 2 rings (SSSR count). The molecule has 3 heteroatoms. The molecule has 78 valence electrons. The summed E-state index contributed by atoms with van der Waals surface area (Å²) in [5, 5.41) is 4.28. The first-order valence-corrected chi connectivity index (χ1v) is 5.67. The molecule has 1 heterocycles. The van der Waals surface area contributed by atoms with Crippen LogP contribution in [0.15, 0.2) is 22.7 Å². The van der Waals surface area contributed by atoms with Crippen LogP contribution in [0.1, 0.15) is 11.1 Å². The van der Waals surface area contributed by atoms with Gasteiger partial charge in [0, 0.05) is 16.9 Å². The predicted octanol–water partition coefficient (Wildman–Crippen LogP) is 3.66. The summed E-state index contributed by atoms with van der Waals surface area (Å²) >= 11 is 3.55. The lowest BCUT2D eigenvalue weighted by Crippen LogP contribution is -1.97. The zero-order chi connectivity index (χ0) is 11.0. The Morgan fingerprint density at radius 1 is 1.20 bits per heavy atom. The number of anilines is 1. The van der Waals surface area contributed by atoms with Crippen LogP contribution in [0.4, 0.5) is 5.82 Å². The second kappa shape index (κ2) is 3.81. The molecule has 0 aliphatic rings. The Hall–Kier alpha value is -1.09. The Labute approximate surface area is 97.8 Å². The molecule has 0 amide bonds. The topological polar surface area (TPSA) is 24.9 Å². The monoisotopic (exact) mass is 264 g/mol. The van der Waals surface area contributed by atoms with Crippen molar-refractivity contribution in [2.45, 2.75) is 13.8 Å². The molecule has 1 aromatic carbocycles. The molecule has 0 spiro atoms. The van der Waals surface area contributed by atoms with Crippen molar-refractivity contribution in [2.75, 3.05) is 12.4 Å². The average Bonchev–Trinajstić information content (AvgIpc) is 2.23. The van der Waals surface area contributed by atoms with E-state index in [0.29, 0.717) is 0 Å². The van der Waals surface area contributed by atoms with Crippen LogP contribution in [-0.4, -0.2) is 12.0 Å². The fraction of sp³-hybridized carbons (Fsp3) is 0.250. The maximum Gasteiger partial charge on any atom is 0.129 e. The SMILES string of the molecule is CNc1nc2c(C)ccc(Br)c2cc1C. The maximum atomic E-state index is 4.61. The number of pyridine rings is 1. The molecule has 0 atom stereocenters. The molecule has 0 aliphatic heterocycles. The molecule has 0 unspecified atom stereocenters. The van der Waals surface area contributed by atoms with Crippen molar-refractivity contribution in [1.82, 2.24) is 4.98 Å². The van der Waals surface area contributed by atoms with Gasteiger partial charge in [0.25, 0.3) is 0 Å². The number of benzene rings is 1. The first kappa shape index (κ1) is 10.4. The smallest absolute Gasteiger partial charge is 0.129 e. The van der Waals surface area contributed by atoms with Gasteiger partial charge in [0.05, 0.1) is 5.52 Å². The van der Waals surface area contributed by atoms with E-state index < -0.39 is 0 Å². The molecule has 0 saturated carbocycles. The highest BCUT2D eigenvalue weighted by atomic mass is 79.9. The van der Waals surface area contributed by atoms with Crippen LogP contribution in [-0.2, 0) is 0 Å². The summed E-state index contributed by atoms with van der Waals surface area (Å²) in [6.45, 7) is 4.14. The third kappa shape index (κ3) is 1.72. The Balaban J connectivity index is 2.86. The number of hydrogen-bond donors (Lipinski definition) is 1. The molecule has 1 N–H and O–H groups in total. The van der Waals surface area contributed by atoms with Crippen LogP contribution in [0.5, 0.6) is 0 Å². The minimum absolute atomic E-state index is 0.948. The zero-order valence-corrected chi connectivity index (χ0v) is 10.6. The fourth-order valence-electron chi connectivity index (χ4n) is 1.72. The van der Waals surface area contributed by atoms with E-state index in [2.05, 4.69) is 58.3 Å². The molecule has 15 heavy (non-hydrogen) atoms. The summed E-state index contributed by atoms with van der Waals surface area (Å²) in [4.78, 5) is 4.61. The lowest BCUT2D eigenvalue weighted by atomic mass is 10.1. The van der Waals surface area contributed by atoms with E-state index in [-0.39, 0.29) is 0 Å². The molecular weight excluding hydrogens is 252 g/mol. The third-order valence-corrected chi connectivity index (χ3v) is 3.25. The molecule has 0 fully saturated rings. The number of nitrogens with one attached hydrogen (secondary N) is 1. The minimum atomic E-state index is 0.948. The van der Waals surface area contributed by atoms with Crippen LogP contribution in [0.2, 0.25) is 0 Å². The quantitative estimate of drug-likeness (QED) is 0.851. The molecule has 0 aliphatic carbocycles. The van der Waals surface area contributed by atoms with Crippen molar-refractivity contribution >= 4 is 32.7 Å². The maximum absolute atomic E-state index is 4.61. The van der Waals surface area contributed by atoms with Crippen LogP contribution >= 0.6 is 15.9 Å². The summed E-state index contributed by atoms with van der Waals surface area (Å²) < 4.78 is 1.10. The average molecular weight is 265 g/mol. The van der Waals surface area contributed by atoms with Crippen LogP contribution in [0, 0.1) is 13.8 Å².